The first kappa shape index (κ1) is 20.9. The number of nitriles is 1. The quantitative estimate of drug-likeness (QED) is 0.773. The van der Waals surface area contributed by atoms with Crippen molar-refractivity contribution in [1.82, 2.24) is 24.9 Å². The van der Waals surface area contributed by atoms with E-state index in [9.17, 15) is 14.9 Å². The molecule has 0 aromatic carbocycles. The second-order valence-electron chi connectivity index (χ2n) is 7.47. The van der Waals surface area contributed by atoms with Crippen molar-refractivity contribution in [3.8, 4) is 11.9 Å². The molecule has 0 fully saturated rings. The standard InChI is InChI=1S/C19H24ClN7O2/c1-12(2)9-22-16(29)11-25(13(3)28)19-14(8-21)10-23-27(19)18-17(20)15-6-4-5-7-26(15)24-18/h10,12H,4-7,9,11H2,1-3H3,(H,22,29). The summed E-state index contributed by atoms with van der Waals surface area (Å²) >= 11 is 6.57. The molecule has 0 atom stereocenters. The molecule has 1 aliphatic rings. The number of aromatic nitrogens is 4. The van der Waals surface area contributed by atoms with E-state index in [-0.39, 0.29) is 35.7 Å². The van der Waals surface area contributed by atoms with E-state index in [1.807, 2.05) is 24.6 Å². The van der Waals surface area contributed by atoms with Crippen LogP contribution in [0.25, 0.3) is 5.82 Å². The largest absolute Gasteiger partial charge is 0.354 e. The SMILES string of the molecule is CC(=O)N(CC(=O)NCC(C)C)c1c(C#N)cnn1-c1nn2c(c1Cl)CCCC2. The second kappa shape index (κ2) is 8.66. The average Bonchev–Trinajstić information content (AvgIpc) is 3.25. The van der Waals surface area contributed by atoms with E-state index in [2.05, 4.69) is 15.5 Å². The van der Waals surface area contributed by atoms with Gasteiger partial charge in [0.05, 0.1) is 11.9 Å². The van der Waals surface area contributed by atoms with Gasteiger partial charge in [0, 0.05) is 20.0 Å². The molecule has 2 aromatic heterocycles. The van der Waals surface area contributed by atoms with Gasteiger partial charge in [-0.15, -0.1) is 0 Å². The highest BCUT2D eigenvalue weighted by atomic mass is 35.5. The summed E-state index contributed by atoms with van der Waals surface area (Å²) in [6.07, 6.45) is 4.19. The predicted octanol–water partition coefficient (Wildman–Crippen LogP) is 2.06. The number of anilines is 1. The number of hydrogen-bond acceptors (Lipinski definition) is 5. The molecule has 10 heteroatoms. The minimum atomic E-state index is -0.386. The highest BCUT2D eigenvalue weighted by Crippen LogP contribution is 2.32. The van der Waals surface area contributed by atoms with Crippen LogP contribution >= 0.6 is 11.6 Å². The first-order valence-corrected chi connectivity index (χ1v) is 9.99. The zero-order valence-corrected chi connectivity index (χ0v) is 17.5. The van der Waals surface area contributed by atoms with Gasteiger partial charge in [0.2, 0.25) is 11.8 Å². The van der Waals surface area contributed by atoms with E-state index >= 15 is 0 Å². The van der Waals surface area contributed by atoms with E-state index in [1.54, 1.807) is 0 Å². The zero-order valence-electron chi connectivity index (χ0n) is 16.8. The molecule has 2 aromatic rings. The highest BCUT2D eigenvalue weighted by Gasteiger charge is 2.28. The normalized spacial score (nSPS) is 13.1. The molecule has 0 aliphatic carbocycles. The van der Waals surface area contributed by atoms with Crippen LogP contribution in [-0.4, -0.2) is 44.5 Å². The fraction of sp³-hybridized carbons (Fsp3) is 0.526. The van der Waals surface area contributed by atoms with Crippen LogP contribution < -0.4 is 10.2 Å². The Morgan fingerprint density at radius 3 is 2.79 bits per heavy atom. The third-order valence-corrected chi connectivity index (χ3v) is 5.11. The van der Waals surface area contributed by atoms with Gasteiger partial charge < -0.3 is 5.32 Å². The second-order valence-corrected chi connectivity index (χ2v) is 7.85. The molecule has 0 unspecified atom stereocenters. The summed E-state index contributed by atoms with van der Waals surface area (Å²) < 4.78 is 3.22. The molecule has 0 saturated heterocycles. The van der Waals surface area contributed by atoms with Crippen molar-refractivity contribution in [3.63, 3.8) is 0 Å². The minimum Gasteiger partial charge on any atom is -0.354 e. The molecule has 3 rings (SSSR count). The summed E-state index contributed by atoms with van der Waals surface area (Å²) in [5.41, 5.74) is 1.08. The van der Waals surface area contributed by atoms with Crippen LogP contribution in [-0.2, 0) is 22.6 Å². The van der Waals surface area contributed by atoms with Crippen molar-refractivity contribution in [2.24, 2.45) is 5.92 Å². The zero-order chi connectivity index (χ0) is 21.1. The minimum absolute atomic E-state index is 0.166. The van der Waals surface area contributed by atoms with E-state index in [1.165, 1.54) is 22.7 Å². The topological polar surface area (TPSA) is 109 Å². The maximum atomic E-state index is 12.4. The number of nitrogens with zero attached hydrogens (tertiary/aromatic N) is 6. The lowest BCUT2D eigenvalue weighted by Gasteiger charge is -2.21. The van der Waals surface area contributed by atoms with Gasteiger partial charge in [-0.05, 0) is 25.2 Å². The Kier molecular flexibility index (Phi) is 6.23. The first-order valence-electron chi connectivity index (χ1n) is 9.62. The van der Waals surface area contributed by atoms with Gasteiger partial charge in [-0.1, -0.05) is 25.4 Å². The number of carbonyl (C=O) groups is 2. The molecule has 1 N–H and O–H groups in total. The average molecular weight is 418 g/mol. The van der Waals surface area contributed by atoms with Crippen molar-refractivity contribution < 1.29 is 9.59 Å². The molecular weight excluding hydrogens is 394 g/mol. The van der Waals surface area contributed by atoms with Crippen LogP contribution in [0, 0.1) is 17.2 Å². The lowest BCUT2D eigenvalue weighted by atomic mass is 10.1. The molecule has 9 nitrogen and oxygen atoms in total. The van der Waals surface area contributed by atoms with Gasteiger partial charge in [0.25, 0.3) is 0 Å². The number of halogens is 1. The predicted molar refractivity (Wildman–Crippen MR) is 108 cm³/mol. The molecule has 29 heavy (non-hydrogen) atoms. The number of aryl methyl sites for hydroxylation is 1. The Balaban J connectivity index is 2.01. The van der Waals surface area contributed by atoms with Gasteiger partial charge in [0.1, 0.15) is 23.2 Å². The number of hydrogen-bond donors (Lipinski definition) is 1. The molecule has 3 heterocycles. The van der Waals surface area contributed by atoms with Gasteiger partial charge >= 0.3 is 0 Å². The summed E-state index contributed by atoms with van der Waals surface area (Å²) in [5, 5.41) is 21.6. The molecule has 1 aliphatic heterocycles. The number of carbonyl (C=O) groups excluding carboxylic acids is 2. The van der Waals surface area contributed by atoms with Crippen LogP contribution in [0.4, 0.5) is 5.82 Å². The van der Waals surface area contributed by atoms with Gasteiger partial charge in [0.15, 0.2) is 11.6 Å². The van der Waals surface area contributed by atoms with E-state index in [0.29, 0.717) is 17.4 Å². The molecule has 2 amide bonds. The number of fused-ring (bicyclic) bond motifs is 1. The Morgan fingerprint density at radius 2 is 2.17 bits per heavy atom. The molecule has 154 valence electrons. The monoisotopic (exact) mass is 417 g/mol. The van der Waals surface area contributed by atoms with Gasteiger partial charge in [-0.3, -0.25) is 19.2 Å². The maximum Gasteiger partial charge on any atom is 0.240 e. The van der Waals surface area contributed by atoms with Crippen molar-refractivity contribution in [3.05, 3.63) is 22.5 Å². The van der Waals surface area contributed by atoms with Crippen molar-refractivity contribution in [2.75, 3.05) is 18.0 Å². The Hall–Kier alpha value is -2.86. The van der Waals surface area contributed by atoms with E-state index < -0.39 is 0 Å². The number of amides is 2. The van der Waals surface area contributed by atoms with E-state index in [0.717, 1.165) is 31.5 Å². The van der Waals surface area contributed by atoms with E-state index in [4.69, 9.17) is 11.6 Å². The maximum absolute atomic E-state index is 12.4. The highest BCUT2D eigenvalue weighted by molar-refractivity contribution is 6.33. The summed E-state index contributed by atoms with van der Waals surface area (Å²) in [4.78, 5) is 26.0. The third kappa shape index (κ3) is 4.27. The fourth-order valence-corrected chi connectivity index (χ4v) is 3.57. The van der Waals surface area contributed by atoms with Gasteiger partial charge in [-0.25, -0.2) is 0 Å². The Bertz CT molecular complexity index is 970. The van der Waals surface area contributed by atoms with Crippen molar-refractivity contribution in [2.45, 2.75) is 46.6 Å². The molecule has 0 saturated carbocycles. The lowest BCUT2D eigenvalue weighted by molar-refractivity contribution is -0.123. The molecule has 0 bridgehead atoms. The Labute approximate surface area is 174 Å². The van der Waals surface area contributed by atoms with Crippen LogP contribution in [0.1, 0.15) is 44.9 Å². The molecule has 0 spiro atoms. The van der Waals surface area contributed by atoms with Crippen LogP contribution in [0.3, 0.4) is 0 Å². The summed E-state index contributed by atoms with van der Waals surface area (Å²) in [5.74, 6) is 0.121. The van der Waals surface area contributed by atoms with Crippen molar-refractivity contribution in [1.29, 1.82) is 5.26 Å². The van der Waals surface area contributed by atoms with Crippen LogP contribution in [0.5, 0.6) is 0 Å². The summed E-state index contributed by atoms with van der Waals surface area (Å²) in [6.45, 7) is 6.32. The third-order valence-electron chi connectivity index (χ3n) is 4.72. The first-order chi connectivity index (χ1) is 13.8. The molecular formula is C19H24ClN7O2. The molecule has 0 radical (unpaired) electrons. The summed E-state index contributed by atoms with van der Waals surface area (Å²) in [6, 6.07) is 2.04. The van der Waals surface area contributed by atoms with Crippen LogP contribution in [0.2, 0.25) is 5.02 Å². The van der Waals surface area contributed by atoms with Crippen LogP contribution in [0.15, 0.2) is 6.20 Å². The van der Waals surface area contributed by atoms with Gasteiger partial charge in [-0.2, -0.15) is 20.1 Å². The fourth-order valence-electron chi connectivity index (χ4n) is 3.26. The summed E-state index contributed by atoms with van der Waals surface area (Å²) in [7, 11) is 0. The smallest absolute Gasteiger partial charge is 0.240 e. The van der Waals surface area contributed by atoms with Crippen molar-refractivity contribution >= 4 is 29.2 Å². The lowest BCUT2D eigenvalue weighted by Crippen LogP contribution is -2.42. The Morgan fingerprint density at radius 1 is 1.41 bits per heavy atom. The number of nitrogens with one attached hydrogen (secondary N) is 1. The number of rotatable bonds is 6.